The summed E-state index contributed by atoms with van der Waals surface area (Å²) in [4.78, 5) is 38.8. The fraction of sp³-hybridized carbons (Fsp3) is 0.115. The van der Waals surface area contributed by atoms with Crippen LogP contribution in [-0.2, 0) is 9.59 Å². The first-order valence-electron chi connectivity index (χ1n) is 10.7. The van der Waals surface area contributed by atoms with Crippen molar-refractivity contribution in [1.29, 1.82) is 0 Å². The molecule has 0 aliphatic carbocycles. The number of carbonyl (C=O) groups excluding carboxylic acids is 3. The number of benzene rings is 3. The number of fused-ring (bicyclic) bond motifs is 1. The Kier molecular flexibility index (Phi) is 7.09. The highest BCUT2D eigenvalue weighted by Crippen LogP contribution is 2.25. The van der Waals surface area contributed by atoms with E-state index in [1.807, 2.05) is 57.2 Å². The lowest BCUT2D eigenvalue weighted by Crippen LogP contribution is -2.36. The van der Waals surface area contributed by atoms with Gasteiger partial charge in [-0.05, 0) is 79.9 Å². The number of anilines is 2. The van der Waals surface area contributed by atoms with Gasteiger partial charge in [-0.15, -0.1) is 0 Å². The van der Waals surface area contributed by atoms with Crippen molar-refractivity contribution < 1.29 is 14.4 Å². The number of para-hydroxylation sites is 1. The summed E-state index contributed by atoms with van der Waals surface area (Å²) in [6.07, 6.45) is 0. The summed E-state index contributed by atoms with van der Waals surface area (Å²) in [6, 6.07) is 18.1. The number of amides is 3. The molecule has 9 heteroatoms. The summed E-state index contributed by atoms with van der Waals surface area (Å²) in [5.74, 6) is -2.17. The highest BCUT2D eigenvalue weighted by Gasteiger charge is 2.22. The van der Waals surface area contributed by atoms with E-state index in [1.165, 1.54) is 4.68 Å². The maximum atomic E-state index is 13.2. The van der Waals surface area contributed by atoms with Crippen LogP contribution in [0.25, 0.3) is 10.9 Å². The number of aryl methyl sites for hydroxylation is 3. The minimum absolute atomic E-state index is 0.173. The molecule has 4 aromatic rings. The first-order chi connectivity index (χ1) is 16.6. The standard InChI is InChI=1S/C26H22Br2N4O3/c1-14-5-4-6-15(2)23(14)30-25(34)26(35)31-32-21-10-7-18(27)12-17(21)13-22(32)24(33)29-19-8-9-20(28)16(3)11-19/h4-13H,1-3H3,(H,29,33)(H,30,34)(H,31,35). The Balaban J connectivity index is 1.65. The Hall–Kier alpha value is -3.43. The molecule has 0 atom stereocenters. The minimum Gasteiger partial charge on any atom is -0.321 e. The second kappa shape index (κ2) is 10.1. The molecule has 0 aliphatic rings. The molecule has 7 nitrogen and oxygen atoms in total. The van der Waals surface area contributed by atoms with E-state index in [-0.39, 0.29) is 5.69 Å². The van der Waals surface area contributed by atoms with E-state index in [1.54, 1.807) is 24.3 Å². The van der Waals surface area contributed by atoms with E-state index >= 15 is 0 Å². The topological polar surface area (TPSA) is 92.2 Å². The van der Waals surface area contributed by atoms with Crippen LogP contribution < -0.4 is 16.1 Å². The van der Waals surface area contributed by atoms with Gasteiger partial charge < -0.3 is 10.6 Å². The Morgan fingerprint density at radius 2 is 1.49 bits per heavy atom. The quantitative estimate of drug-likeness (QED) is 0.250. The summed E-state index contributed by atoms with van der Waals surface area (Å²) in [5, 5.41) is 6.24. The van der Waals surface area contributed by atoms with Crippen molar-refractivity contribution in [3.05, 3.63) is 92.0 Å². The Bertz CT molecular complexity index is 1470. The number of hydrogen-bond acceptors (Lipinski definition) is 3. The van der Waals surface area contributed by atoms with Gasteiger partial charge in [-0.1, -0.05) is 50.1 Å². The molecule has 0 bridgehead atoms. The molecule has 0 aliphatic heterocycles. The molecule has 4 rings (SSSR count). The normalized spacial score (nSPS) is 10.8. The lowest BCUT2D eigenvalue weighted by atomic mass is 10.1. The van der Waals surface area contributed by atoms with Gasteiger partial charge in [-0.2, -0.15) is 0 Å². The van der Waals surface area contributed by atoms with Crippen LogP contribution in [0.5, 0.6) is 0 Å². The number of nitrogens with one attached hydrogen (secondary N) is 3. The fourth-order valence-corrected chi connectivity index (χ4v) is 4.35. The Morgan fingerprint density at radius 1 is 0.771 bits per heavy atom. The highest BCUT2D eigenvalue weighted by atomic mass is 79.9. The number of rotatable bonds is 4. The molecule has 0 saturated heterocycles. The third kappa shape index (κ3) is 5.31. The van der Waals surface area contributed by atoms with Crippen LogP contribution in [0.2, 0.25) is 0 Å². The monoisotopic (exact) mass is 596 g/mol. The summed E-state index contributed by atoms with van der Waals surface area (Å²) in [7, 11) is 0. The molecule has 35 heavy (non-hydrogen) atoms. The first kappa shape index (κ1) is 24.7. The van der Waals surface area contributed by atoms with Crippen molar-refractivity contribution in [2.45, 2.75) is 20.8 Å². The molecular weight excluding hydrogens is 576 g/mol. The predicted molar refractivity (Wildman–Crippen MR) is 145 cm³/mol. The molecule has 1 aromatic heterocycles. The third-order valence-corrected chi connectivity index (χ3v) is 6.93. The molecule has 178 valence electrons. The van der Waals surface area contributed by atoms with E-state index in [4.69, 9.17) is 0 Å². The van der Waals surface area contributed by atoms with Crippen LogP contribution in [-0.4, -0.2) is 22.4 Å². The summed E-state index contributed by atoms with van der Waals surface area (Å²) >= 11 is 6.88. The van der Waals surface area contributed by atoms with Gasteiger partial charge in [0.25, 0.3) is 5.91 Å². The van der Waals surface area contributed by atoms with Crippen LogP contribution in [0, 0.1) is 20.8 Å². The largest absolute Gasteiger partial charge is 0.328 e. The predicted octanol–water partition coefficient (Wildman–Crippen LogP) is 6.05. The minimum atomic E-state index is -0.901. The average molecular weight is 598 g/mol. The Morgan fingerprint density at radius 3 is 2.17 bits per heavy atom. The van der Waals surface area contributed by atoms with Gasteiger partial charge in [0.15, 0.2) is 0 Å². The highest BCUT2D eigenvalue weighted by molar-refractivity contribution is 9.10. The van der Waals surface area contributed by atoms with Gasteiger partial charge in [0.1, 0.15) is 5.69 Å². The zero-order valence-corrected chi connectivity index (χ0v) is 22.4. The summed E-state index contributed by atoms with van der Waals surface area (Å²) < 4.78 is 3.07. The van der Waals surface area contributed by atoms with Crippen LogP contribution >= 0.6 is 31.9 Å². The second-order valence-corrected chi connectivity index (χ2v) is 9.92. The van der Waals surface area contributed by atoms with Gasteiger partial charge in [-0.25, -0.2) is 4.68 Å². The van der Waals surface area contributed by atoms with Crippen molar-refractivity contribution in [2.24, 2.45) is 0 Å². The van der Waals surface area contributed by atoms with Crippen molar-refractivity contribution in [3.8, 4) is 0 Å². The van der Waals surface area contributed by atoms with Crippen molar-refractivity contribution in [3.63, 3.8) is 0 Å². The molecular formula is C26H22Br2N4O3. The van der Waals surface area contributed by atoms with Crippen molar-refractivity contribution in [1.82, 2.24) is 4.68 Å². The van der Waals surface area contributed by atoms with Gasteiger partial charge >= 0.3 is 11.8 Å². The van der Waals surface area contributed by atoms with Gasteiger partial charge in [0.2, 0.25) is 0 Å². The number of hydrogen-bond donors (Lipinski definition) is 3. The Labute approximate surface area is 219 Å². The van der Waals surface area contributed by atoms with Crippen molar-refractivity contribution >= 4 is 71.9 Å². The number of aromatic nitrogens is 1. The average Bonchev–Trinajstić information content (AvgIpc) is 3.16. The second-order valence-electron chi connectivity index (χ2n) is 8.15. The molecule has 1 heterocycles. The molecule has 3 N–H and O–H groups in total. The molecule has 3 aromatic carbocycles. The third-order valence-electron chi connectivity index (χ3n) is 5.55. The molecule has 0 fully saturated rings. The van der Waals surface area contributed by atoms with Gasteiger partial charge in [0.05, 0.1) is 5.52 Å². The maximum absolute atomic E-state index is 13.2. The van der Waals surface area contributed by atoms with Crippen LogP contribution in [0.3, 0.4) is 0 Å². The molecule has 0 radical (unpaired) electrons. The number of carbonyl (C=O) groups is 3. The van der Waals surface area contributed by atoms with E-state index in [9.17, 15) is 14.4 Å². The van der Waals surface area contributed by atoms with Gasteiger partial charge in [-0.3, -0.25) is 19.8 Å². The fourth-order valence-electron chi connectivity index (χ4n) is 3.73. The zero-order valence-electron chi connectivity index (χ0n) is 19.2. The molecule has 0 saturated carbocycles. The van der Waals surface area contributed by atoms with E-state index in [0.29, 0.717) is 22.3 Å². The zero-order chi connectivity index (χ0) is 25.3. The van der Waals surface area contributed by atoms with Crippen LogP contribution in [0.1, 0.15) is 27.2 Å². The smallest absolute Gasteiger partial charge is 0.321 e. The van der Waals surface area contributed by atoms with E-state index in [2.05, 4.69) is 47.9 Å². The molecule has 3 amide bonds. The maximum Gasteiger partial charge on any atom is 0.328 e. The first-order valence-corrected chi connectivity index (χ1v) is 12.3. The van der Waals surface area contributed by atoms with E-state index in [0.717, 1.165) is 25.6 Å². The van der Waals surface area contributed by atoms with E-state index < -0.39 is 17.7 Å². The SMILES string of the molecule is Cc1cc(NC(=O)c2cc3cc(Br)ccc3n2NC(=O)C(=O)Nc2c(C)cccc2C)ccc1Br. The molecule has 0 unspecified atom stereocenters. The van der Waals surface area contributed by atoms with Crippen molar-refractivity contribution in [2.75, 3.05) is 16.1 Å². The van der Waals surface area contributed by atoms with Gasteiger partial charge in [0, 0.05) is 25.7 Å². The summed E-state index contributed by atoms with van der Waals surface area (Å²) in [5.41, 5.74) is 7.15. The summed E-state index contributed by atoms with van der Waals surface area (Å²) in [6.45, 7) is 5.62. The lowest BCUT2D eigenvalue weighted by Gasteiger charge is -2.14. The molecule has 0 spiro atoms. The number of nitrogens with zero attached hydrogens (tertiary/aromatic N) is 1. The van der Waals surface area contributed by atoms with Crippen LogP contribution in [0.15, 0.2) is 69.6 Å². The number of halogens is 2. The van der Waals surface area contributed by atoms with Crippen LogP contribution in [0.4, 0.5) is 11.4 Å². The lowest BCUT2D eigenvalue weighted by molar-refractivity contribution is -0.133.